The van der Waals surface area contributed by atoms with Gasteiger partial charge in [-0.3, -0.25) is 9.69 Å². The highest BCUT2D eigenvalue weighted by Crippen LogP contribution is 2.28. The number of hydrogen-bond acceptors (Lipinski definition) is 5. The molecule has 2 aromatic carbocycles. The first-order valence-electron chi connectivity index (χ1n) is 9.98. The predicted octanol–water partition coefficient (Wildman–Crippen LogP) is 4.86. The zero-order valence-electron chi connectivity index (χ0n) is 17.5. The average Bonchev–Trinajstić information content (AvgIpc) is 2.68. The van der Waals surface area contributed by atoms with Crippen LogP contribution in [0.3, 0.4) is 0 Å². The summed E-state index contributed by atoms with van der Waals surface area (Å²) in [5.41, 5.74) is 0.481. The van der Waals surface area contributed by atoms with Crippen molar-refractivity contribution >= 4 is 5.97 Å². The van der Waals surface area contributed by atoms with Crippen molar-refractivity contribution in [2.45, 2.75) is 38.9 Å². The Kier molecular flexibility index (Phi) is 7.05. The van der Waals surface area contributed by atoms with E-state index in [1.165, 1.54) is 6.07 Å². The molecule has 0 N–H and O–H groups in total. The summed E-state index contributed by atoms with van der Waals surface area (Å²) >= 11 is 0. The molecule has 1 atom stereocenters. The molecule has 162 valence electrons. The van der Waals surface area contributed by atoms with Gasteiger partial charge >= 0.3 is 5.97 Å². The Bertz CT molecular complexity index is 864. The smallest absolute Gasteiger partial charge is 0.307 e. The van der Waals surface area contributed by atoms with Crippen molar-refractivity contribution in [2.24, 2.45) is 0 Å². The maximum Gasteiger partial charge on any atom is 0.307 e. The molecule has 1 aliphatic heterocycles. The minimum Gasteiger partial charge on any atom is -0.460 e. The first-order chi connectivity index (χ1) is 14.2. The SMILES string of the molecule is CC(C)(C)OC(=O)CCN1CCOC(c2ccc(Oc3ccc(F)cc3F)cc2)C1. The molecule has 30 heavy (non-hydrogen) atoms. The molecule has 1 aliphatic rings. The zero-order chi connectivity index (χ0) is 21.7. The van der Waals surface area contributed by atoms with Crippen LogP contribution >= 0.6 is 0 Å². The molecular formula is C23H27F2NO4. The highest BCUT2D eigenvalue weighted by atomic mass is 19.1. The largest absolute Gasteiger partial charge is 0.460 e. The normalized spacial score (nSPS) is 17.6. The lowest BCUT2D eigenvalue weighted by molar-refractivity contribution is -0.155. The number of nitrogens with zero attached hydrogens (tertiary/aromatic N) is 1. The van der Waals surface area contributed by atoms with E-state index in [9.17, 15) is 13.6 Å². The van der Waals surface area contributed by atoms with E-state index in [4.69, 9.17) is 14.2 Å². The lowest BCUT2D eigenvalue weighted by atomic mass is 10.1. The zero-order valence-corrected chi connectivity index (χ0v) is 17.5. The topological polar surface area (TPSA) is 48.0 Å². The Morgan fingerprint density at radius 3 is 2.57 bits per heavy atom. The van der Waals surface area contributed by atoms with E-state index in [2.05, 4.69) is 4.90 Å². The van der Waals surface area contributed by atoms with Crippen LogP contribution in [0.25, 0.3) is 0 Å². The van der Waals surface area contributed by atoms with E-state index in [1.807, 2.05) is 32.9 Å². The summed E-state index contributed by atoms with van der Waals surface area (Å²) in [7, 11) is 0. The van der Waals surface area contributed by atoms with Gasteiger partial charge in [-0.2, -0.15) is 0 Å². The van der Waals surface area contributed by atoms with Crippen molar-refractivity contribution in [2.75, 3.05) is 26.2 Å². The molecule has 0 bridgehead atoms. The van der Waals surface area contributed by atoms with Crippen molar-refractivity contribution < 1.29 is 27.8 Å². The second-order valence-electron chi connectivity index (χ2n) is 8.24. The van der Waals surface area contributed by atoms with Crippen LogP contribution in [0.2, 0.25) is 0 Å². The highest BCUT2D eigenvalue weighted by Gasteiger charge is 2.23. The summed E-state index contributed by atoms with van der Waals surface area (Å²) in [6, 6.07) is 10.4. The molecule has 1 saturated heterocycles. The van der Waals surface area contributed by atoms with Crippen molar-refractivity contribution in [3.05, 3.63) is 59.7 Å². The van der Waals surface area contributed by atoms with Crippen LogP contribution in [-0.4, -0.2) is 42.7 Å². The molecular weight excluding hydrogens is 392 g/mol. The molecule has 1 unspecified atom stereocenters. The molecule has 0 aromatic heterocycles. The first kappa shape index (κ1) is 22.2. The fourth-order valence-corrected chi connectivity index (χ4v) is 3.18. The van der Waals surface area contributed by atoms with Gasteiger partial charge in [0.05, 0.1) is 19.1 Å². The van der Waals surface area contributed by atoms with Crippen LogP contribution in [0.5, 0.6) is 11.5 Å². The lowest BCUT2D eigenvalue weighted by Gasteiger charge is -2.33. The Balaban J connectivity index is 1.54. The quantitative estimate of drug-likeness (QED) is 0.626. The van der Waals surface area contributed by atoms with Gasteiger partial charge in [0.25, 0.3) is 0 Å². The van der Waals surface area contributed by atoms with Gasteiger partial charge in [0.15, 0.2) is 11.6 Å². The molecule has 1 heterocycles. The molecule has 0 aliphatic carbocycles. The van der Waals surface area contributed by atoms with Crippen LogP contribution in [0.1, 0.15) is 38.9 Å². The van der Waals surface area contributed by atoms with Gasteiger partial charge in [-0.25, -0.2) is 8.78 Å². The van der Waals surface area contributed by atoms with Crippen LogP contribution in [-0.2, 0) is 14.3 Å². The number of carbonyl (C=O) groups is 1. The Morgan fingerprint density at radius 2 is 1.90 bits per heavy atom. The van der Waals surface area contributed by atoms with Gasteiger partial charge in [-0.1, -0.05) is 12.1 Å². The van der Waals surface area contributed by atoms with E-state index < -0.39 is 17.2 Å². The van der Waals surface area contributed by atoms with Crippen LogP contribution in [0.15, 0.2) is 42.5 Å². The van der Waals surface area contributed by atoms with Gasteiger partial charge in [-0.05, 0) is 50.6 Å². The third-order valence-corrected chi connectivity index (χ3v) is 4.58. The van der Waals surface area contributed by atoms with Crippen molar-refractivity contribution in [1.29, 1.82) is 0 Å². The van der Waals surface area contributed by atoms with Crippen LogP contribution < -0.4 is 4.74 Å². The molecule has 0 amide bonds. The van der Waals surface area contributed by atoms with Gasteiger partial charge in [0.1, 0.15) is 17.2 Å². The lowest BCUT2D eigenvalue weighted by Crippen LogP contribution is -2.39. The number of rotatable bonds is 6. The molecule has 2 aromatic rings. The monoisotopic (exact) mass is 419 g/mol. The minimum absolute atomic E-state index is 0.0358. The number of benzene rings is 2. The second-order valence-corrected chi connectivity index (χ2v) is 8.24. The molecule has 0 saturated carbocycles. The summed E-state index contributed by atoms with van der Waals surface area (Å²) in [6.45, 7) is 8.16. The van der Waals surface area contributed by atoms with Gasteiger partial charge < -0.3 is 14.2 Å². The summed E-state index contributed by atoms with van der Waals surface area (Å²) in [5, 5.41) is 0. The summed E-state index contributed by atoms with van der Waals surface area (Å²) in [4.78, 5) is 14.1. The molecule has 5 nitrogen and oxygen atoms in total. The fraction of sp³-hybridized carbons (Fsp3) is 0.435. The standard InChI is InChI=1S/C23H27F2NO4/c1-23(2,3)30-22(27)10-11-26-12-13-28-21(15-26)16-4-7-18(8-5-16)29-20-9-6-17(24)14-19(20)25/h4-9,14,21H,10-13,15H2,1-3H3. The van der Waals surface area contributed by atoms with E-state index >= 15 is 0 Å². The Morgan fingerprint density at radius 1 is 1.17 bits per heavy atom. The maximum absolute atomic E-state index is 13.7. The van der Waals surface area contributed by atoms with Crippen molar-refractivity contribution in [1.82, 2.24) is 4.90 Å². The third-order valence-electron chi connectivity index (χ3n) is 4.58. The molecule has 0 spiro atoms. The molecule has 0 radical (unpaired) electrons. The Labute approximate surface area is 175 Å². The van der Waals surface area contributed by atoms with E-state index in [1.54, 1.807) is 12.1 Å². The van der Waals surface area contributed by atoms with Crippen LogP contribution in [0, 0.1) is 11.6 Å². The third kappa shape index (κ3) is 6.50. The van der Waals surface area contributed by atoms with Gasteiger partial charge in [0, 0.05) is 25.7 Å². The van der Waals surface area contributed by atoms with Gasteiger partial charge in [0.2, 0.25) is 0 Å². The highest BCUT2D eigenvalue weighted by molar-refractivity contribution is 5.70. The van der Waals surface area contributed by atoms with Crippen molar-refractivity contribution in [3.63, 3.8) is 0 Å². The summed E-state index contributed by atoms with van der Waals surface area (Å²) in [5.74, 6) is -1.20. The number of hydrogen-bond donors (Lipinski definition) is 0. The second kappa shape index (κ2) is 9.53. The predicted molar refractivity (Wildman–Crippen MR) is 108 cm³/mol. The van der Waals surface area contributed by atoms with E-state index in [0.29, 0.717) is 31.9 Å². The fourth-order valence-electron chi connectivity index (χ4n) is 3.18. The number of carbonyl (C=O) groups excluding carboxylic acids is 1. The number of halogens is 2. The minimum atomic E-state index is -0.754. The summed E-state index contributed by atoms with van der Waals surface area (Å²) in [6.07, 6.45) is 0.203. The number of morpholine rings is 1. The van der Waals surface area contributed by atoms with E-state index in [-0.39, 0.29) is 17.8 Å². The average molecular weight is 419 g/mol. The summed E-state index contributed by atoms with van der Waals surface area (Å²) < 4.78 is 43.5. The molecule has 1 fully saturated rings. The molecule has 7 heteroatoms. The van der Waals surface area contributed by atoms with Gasteiger partial charge in [-0.15, -0.1) is 0 Å². The van der Waals surface area contributed by atoms with Crippen molar-refractivity contribution in [3.8, 4) is 11.5 Å². The van der Waals surface area contributed by atoms with E-state index in [0.717, 1.165) is 24.2 Å². The Hall–Kier alpha value is -2.51. The number of ether oxygens (including phenoxy) is 3. The first-order valence-corrected chi connectivity index (χ1v) is 9.98. The van der Waals surface area contributed by atoms with Crippen LogP contribution in [0.4, 0.5) is 8.78 Å². The molecule has 3 rings (SSSR count). The maximum atomic E-state index is 13.7. The number of esters is 1.